The van der Waals surface area contributed by atoms with E-state index in [-0.39, 0.29) is 11.8 Å². The van der Waals surface area contributed by atoms with Crippen molar-refractivity contribution in [3.8, 4) is 0 Å². The number of nitrogens with zero attached hydrogens (tertiary/aromatic N) is 3. The number of rotatable bonds is 4. The second-order valence-electron chi connectivity index (χ2n) is 5.84. The quantitative estimate of drug-likeness (QED) is 0.936. The van der Waals surface area contributed by atoms with Crippen LogP contribution in [0.5, 0.6) is 0 Å². The van der Waals surface area contributed by atoms with Gasteiger partial charge in [-0.15, -0.1) is 21.5 Å². The normalized spacial score (nSPS) is 12.0. The Morgan fingerprint density at radius 1 is 1.19 bits per heavy atom. The minimum atomic E-state index is -0.523. The number of aromatic nitrogens is 3. The highest BCUT2D eigenvalue weighted by Gasteiger charge is 2.29. The maximum Gasteiger partial charge on any atom is 0.283 e. The van der Waals surface area contributed by atoms with Gasteiger partial charge in [0.1, 0.15) is 10.0 Å². The topological polar surface area (TPSA) is 67.8 Å². The molecule has 0 bridgehead atoms. The number of nitrogens with one attached hydrogen (secondary N) is 1. The smallest absolute Gasteiger partial charge is 0.283 e. The Hall–Kier alpha value is -1.34. The van der Waals surface area contributed by atoms with Crippen molar-refractivity contribution in [1.82, 2.24) is 20.5 Å². The Labute approximate surface area is 132 Å². The molecule has 0 aliphatic heterocycles. The molecule has 2 aromatic heterocycles. The molecule has 0 radical (unpaired) electrons. The molecule has 114 valence electrons. The lowest BCUT2D eigenvalue weighted by molar-refractivity contribution is 0.0910. The van der Waals surface area contributed by atoms with Crippen LogP contribution in [0.3, 0.4) is 0 Å². The maximum atomic E-state index is 12.3. The van der Waals surface area contributed by atoms with Crippen LogP contribution in [0.15, 0.2) is 0 Å². The Bertz CT molecular complexity index is 638. The first-order chi connectivity index (χ1) is 9.70. The molecule has 2 rings (SSSR count). The van der Waals surface area contributed by atoms with E-state index in [9.17, 15) is 4.79 Å². The van der Waals surface area contributed by atoms with Crippen LogP contribution in [-0.4, -0.2) is 21.1 Å². The summed E-state index contributed by atoms with van der Waals surface area (Å²) in [5, 5.41) is 13.2. The van der Waals surface area contributed by atoms with E-state index in [4.69, 9.17) is 0 Å². The summed E-state index contributed by atoms with van der Waals surface area (Å²) < 4.78 is 0. The van der Waals surface area contributed by atoms with Gasteiger partial charge in [-0.1, -0.05) is 25.2 Å². The van der Waals surface area contributed by atoms with Crippen molar-refractivity contribution in [1.29, 1.82) is 0 Å². The third-order valence-corrected chi connectivity index (χ3v) is 5.74. The highest BCUT2D eigenvalue weighted by atomic mass is 32.1. The lowest BCUT2D eigenvalue weighted by atomic mass is 10.1. The molecule has 1 amide bonds. The van der Waals surface area contributed by atoms with Crippen LogP contribution < -0.4 is 5.32 Å². The first-order valence-corrected chi connectivity index (χ1v) is 8.44. The summed E-state index contributed by atoms with van der Waals surface area (Å²) >= 11 is 2.95. The van der Waals surface area contributed by atoms with E-state index in [1.807, 2.05) is 41.5 Å². The van der Waals surface area contributed by atoms with Crippen molar-refractivity contribution < 1.29 is 4.79 Å². The lowest BCUT2D eigenvalue weighted by Crippen LogP contribution is -2.40. The third kappa shape index (κ3) is 3.47. The summed E-state index contributed by atoms with van der Waals surface area (Å²) in [5.41, 5.74) is 0.486. The zero-order chi connectivity index (χ0) is 15.8. The van der Waals surface area contributed by atoms with Gasteiger partial charge in [0.15, 0.2) is 0 Å². The van der Waals surface area contributed by atoms with Crippen LogP contribution in [0.25, 0.3) is 0 Å². The van der Waals surface area contributed by atoms with Crippen molar-refractivity contribution >= 4 is 28.6 Å². The van der Waals surface area contributed by atoms with E-state index >= 15 is 0 Å². The summed E-state index contributed by atoms with van der Waals surface area (Å²) in [7, 11) is 0. The number of hydrogen-bond acceptors (Lipinski definition) is 6. The van der Waals surface area contributed by atoms with Gasteiger partial charge in [-0.05, 0) is 27.7 Å². The molecule has 0 aliphatic carbocycles. The molecule has 2 heterocycles. The van der Waals surface area contributed by atoms with Crippen molar-refractivity contribution in [2.24, 2.45) is 0 Å². The monoisotopic (exact) mass is 324 g/mol. The number of aryl methyl sites for hydroxylation is 2. The van der Waals surface area contributed by atoms with Gasteiger partial charge in [0.05, 0.1) is 11.2 Å². The first-order valence-electron chi connectivity index (χ1n) is 6.81. The SMILES string of the molecule is Cc1nc(C(C)(C)NC(=O)c2nnc(C(C)C)s2)sc1C. The third-order valence-electron chi connectivity index (χ3n) is 3.12. The van der Waals surface area contributed by atoms with Gasteiger partial charge in [-0.3, -0.25) is 4.79 Å². The van der Waals surface area contributed by atoms with E-state index < -0.39 is 5.54 Å². The molecule has 2 aromatic rings. The van der Waals surface area contributed by atoms with Gasteiger partial charge in [-0.25, -0.2) is 4.98 Å². The molecule has 1 N–H and O–H groups in total. The zero-order valence-corrected chi connectivity index (χ0v) is 14.8. The molecule has 21 heavy (non-hydrogen) atoms. The summed E-state index contributed by atoms with van der Waals surface area (Å²) in [6.45, 7) is 12.0. The fourth-order valence-corrected chi connectivity index (χ4v) is 3.40. The summed E-state index contributed by atoms with van der Waals surface area (Å²) in [6, 6.07) is 0. The molecule has 0 unspecified atom stereocenters. The lowest BCUT2D eigenvalue weighted by Gasteiger charge is -2.23. The number of carbonyl (C=O) groups is 1. The van der Waals surface area contributed by atoms with Crippen LogP contribution in [0.1, 0.15) is 64.0 Å². The Morgan fingerprint density at radius 3 is 2.33 bits per heavy atom. The molecule has 0 atom stereocenters. The molecular weight excluding hydrogens is 304 g/mol. The van der Waals surface area contributed by atoms with E-state index in [0.717, 1.165) is 15.7 Å². The van der Waals surface area contributed by atoms with Crippen LogP contribution in [0, 0.1) is 13.8 Å². The standard InChI is InChI=1S/C14H20N4OS2/c1-7(2)11-17-18-12(21-11)10(19)16-14(5,6)13-15-8(3)9(4)20-13/h7H,1-6H3,(H,16,19). The van der Waals surface area contributed by atoms with Crippen molar-refractivity contribution in [3.63, 3.8) is 0 Å². The fourth-order valence-electron chi connectivity index (χ4n) is 1.69. The van der Waals surface area contributed by atoms with Crippen molar-refractivity contribution in [2.75, 3.05) is 0 Å². The maximum absolute atomic E-state index is 12.3. The van der Waals surface area contributed by atoms with Crippen LogP contribution in [0.4, 0.5) is 0 Å². The first kappa shape index (κ1) is 16.0. The van der Waals surface area contributed by atoms with Gasteiger partial charge in [0.2, 0.25) is 5.01 Å². The molecule has 0 fully saturated rings. The van der Waals surface area contributed by atoms with Gasteiger partial charge >= 0.3 is 0 Å². The van der Waals surface area contributed by atoms with E-state index in [2.05, 4.69) is 20.5 Å². The predicted molar refractivity (Wildman–Crippen MR) is 86.1 cm³/mol. The average Bonchev–Trinajstić information content (AvgIpc) is 2.97. The number of hydrogen-bond donors (Lipinski definition) is 1. The second kappa shape index (κ2) is 5.81. The highest BCUT2D eigenvalue weighted by molar-refractivity contribution is 7.13. The molecule has 5 nitrogen and oxygen atoms in total. The van der Waals surface area contributed by atoms with E-state index in [1.54, 1.807) is 11.3 Å². The molecule has 0 spiro atoms. The minimum absolute atomic E-state index is 0.199. The average molecular weight is 324 g/mol. The molecule has 0 aromatic carbocycles. The number of carbonyl (C=O) groups excluding carboxylic acids is 1. The second-order valence-corrected chi connectivity index (χ2v) is 8.05. The van der Waals surface area contributed by atoms with Gasteiger partial charge < -0.3 is 5.32 Å². The largest absolute Gasteiger partial charge is 0.339 e. The van der Waals surface area contributed by atoms with Crippen LogP contribution in [0.2, 0.25) is 0 Å². The Balaban J connectivity index is 2.17. The minimum Gasteiger partial charge on any atom is -0.339 e. The molecule has 7 heteroatoms. The zero-order valence-electron chi connectivity index (χ0n) is 13.1. The summed E-state index contributed by atoms with van der Waals surface area (Å²) in [5.74, 6) is 0.0798. The van der Waals surface area contributed by atoms with Gasteiger partial charge in [-0.2, -0.15) is 0 Å². The van der Waals surface area contributed by atoms with E-state index in [1.165, 1.54) is 16.2 Å². The van der Waals surface area contributed by atoms with E-state index in [0.29, 0.717) is 5.01 Å². The highest BCUT2D eigenvalue weighted by Crippen LogP contribution is 2.28. The molecule has 0 saturated heterocycles. The Morgan fingerprint density at radius 2 is 1.86 bits per heavy atom. The van der Waals surface area contributed by atoms with Gasteiger partial charge in [0.25, 0.3) is 5.91 Å². The predicted octanol–water partition coefficient (Wildman–Crippen LogP) is 3.40. The molecule has 0 aliphatic rings. The van der Waals surface area contributed by atoms with Crippen LogP contribution >= 0.6 is 22.7 Å². The molecular formula is C14H20N4OS2. The van der Waals surface area contributed by atoms with Crippen molar-refractivity contribution in [2.45, 2.75) is 53.0 Å². The fraction of sp³-hybridized carbons (Fsp3) is 0.571. The number of thiazole rings is 1. The molecule has 0 saturated carbocycles. The van der Waals surface area contributed by atoms with Gasteiger partial charge in [0, 0.05) is 10.8 Å². The van der Waals surface area contributed by atoms with Crippen molar-refractivity contribution in [3.05, 3.63) is 25.6 Å². The van der Waals surface area contributed by atoms with Crippen LogP contribution in [-0.2, 0) is 5.54 Å². The summed E-state index contributed by atoms with van der Waals surface area (Å²) in [4.78, 5) is 18.0. The summed E-state index contributed by atoms with van der Waals surface area (Å²) in [6.07, 6.45) is 0. The number of amides is 1. The Kier molecular flexibility index (Phi) is 4.43.